The fourth-order valence-corrected chi connectivity index (χ4v) is 2.33. The Bertz CT molecular complexity index is 640. The highest BCUT2D eigenvalue weighted by Crippen LogP contribution is 2.25. The van der Waals surface area contributed by atoms with Gasteiger partial charge in [0, 0.05) is 22.4 Å². The first-order valence-corrected chi connectivity index (χ1v) is 7.02. The van der Waals surface area contributed by atoms with Gasteiger partial charge in [-0.1, -0.05) is 23.7 Å². The van der Waals surface area contributed by atoms with E-state index in [1.54, 1.807) is 0 Å². The lowest BCUT2D eigenvalue weighted by Gasteiger charge is -2.18. The van der Waals surface area contributed by atoms with Crippen LogP contribution < -0.4 is 16.4 Å². The first kappa shape index (κ1) is 15.2. The van der Waals surface area contributed by atoms with Gasteiger partial charge in [0.2, 0.25) is 0 Å². The number of hydrogen-bond acceptors (Lipinski definition) is 2. The molecular weight excluding hydrogens is 286 g/mol. The van der Waals surface area contributed by atoms with Crippen LogP contribution in [0.1, 0.15) is 24.1 Å². The predicted octanol–water partition coefficient (Wildman–Crippen LogP) is 4.31. The number of nitrogens with two attached hydrogens (primary N) is 1. The molecule has 0 aliphatic carbocycles. The molecule has 0 aliphatic rings. The molecule has 0 saturated heterocycles. The molecule has 1 atom stereocenters. The molecule has 110 valence electrons. The van der Waals surface area contributed by atoms with Crippen molar-refractivity contribution in [1.82, 2.24) is 0 Å². The second-order valence-corrected chi connectivity index (χ2v) is 5.37. The summed E-state index contributed by atoms with van der Waals surface area (Å²) in [6.45, 7) is 4.09. The zero-order valence-corrected chi connectivity index (χ0v) is 12.7. The minimum atomic E-state index is -0.564. The number of amides is 2. The summed E-state index contributed by atoms with van der Waals surface area (Å²) < 4.78 is 0. The first-order chi connectivity index (χ1) is 9.95. The van der Waals surface area contributed by atoms with E-state index in [1.165, 1.54) is 0 Å². The molecule has 1 unspecified atom stereocenters. The Labute approximate surface area is 129 Å². The number of hydrogen-bond donors (Lipinski definition) is 3. The van der Waals surface area contributed by atoms with Crippen LogP contribution >= 0.6 is 11.6 Å². The van der Waals surface area contributed by atoms with Crippen molar-refractivity contribution in [1.29, 1.82) is 0 Å². The van der Waals surface area contributed by atoms with Crippen molar-refractivity contribution in [3.05, 3.63) is 58.6 Å². The van der Waals surface area contributed by atoms with E-state index < -0.39 is 6.03 Å². The number of halogens is 1. The van der Waals surface area contributed by atoms with Crippen LogP contribution in [0.2, 0.25) is 5.02 Å². The topological polar surface area (TPSA) is 67.2 Å². The fourth-order valence-electron chi connectivity index (χ4n) is 2.10. The van der Waals surface area contributed by atoms with Crippen molar-refractivity contribution >= 4 is 29.0 Å². The van der Waals surface area contributed by atoms with E-state index >= 15 is 0 Å². The van der Waals surface area contributed by atoms with Gasteiger partial charge in [0.1, 0.15) is 0 Å². The highest BCUT2D eigenvalue weighted by molar-refractivity contribution is 6.30. The number of anilines is 2. The van der Waals surface area contributed by atoms with Crippen LogP contribution in [0.3, 0.4) is 0 Å². The third kappa shape index (κ3) is 4.13. The summed E-state index contributed by atoms with van der Waals surface area (Å²) in [5.41, 5.74) is 9.02. The van der Waals surface area contributed by atoms with Crippen LogP contribution in [0, 0.1) is 6.92 Å². The van der Waals surface area contributed by atoms with E-state index in [4.69, 9.17) is 17.3 Å². The monoisotopic (exact) mass is 303 g/mol. The van der Waals surface area contributed by atoms with E-state index in [-0.39, 0.29) is 6.04 Å². The molecule has 5 heteroatoms. The molecule has 0 aromatic heterocycles. The van der Waals surface area contributed by atoms with Crippen LogP contribution in [0.25, 0.3) is 0 Å². The van der Waals surface area contributed by atoms with E-state index in [9.17, 15) is 4.79 Å². The van der Waals surface area contributed by atoms with Gasteiger partial charge in [-0.15, -0.1) is 0 Å². The van der Waals surface area contributed by atoms with Gasteiger partial charge in [0.25, 0.3) is 0 Å². The van der Waals surface area contributed by atoms with Gasteiger partial charge < -0.3 is 16.4 Å². The Kier molecular flexibility index (Phi) is 4.70. The molecule has 0 radical (unpaired) electrons. The number of rotatable bonds is 4. The summed E-state index contributed by atoms with van der Waals surface area (Å²) in [6.07, 6.45) is 0. The third-order valence-electron chi connectivity index (χ3n) is 3.24. The third-order valence-corrected chi connectivity index (χ3v) is 3.47. The Morgan fingerprint density at radius 3 is 2.43 bits per heavy atom. The SMILES string of the molecule is Cc1cc(Cl)ccc1NC(C)c1ccc(NC(N)=O)cc1. The number of primary amides is 1. The number of carbonyl (C=O) groups is 1. The van der Waals surface area contributed by atoms with Gasteiger partial charge in [-0.25, -0.2) is 4.79 Å². The maximum atomic E-state index is 10.8. The summed E-state index contributed by atoms with van der Waals surface area (Å²) in [7, 11) is 0. The summed E-state index contributed by atoms with van der Waals surface area (Å²) in [4.78, 5) is 10.8. The molecular formula is C16H18ClN3O. The summed E-state index contributed by atoms with van der Waals surface area (Å²) >= 11 is 5.96. The minimum absolute atomic E-state index is 0.132. The number of urea groups is 1. The van der Waals surface area contributed by atoms with Crippen molar-refractivity contribution in [3.63, 3.8) is 0 Å². The fraction of sp³-hybridized carbons (Fsp3) is 0.188. The van der Waals surface area contributed by atoms with E-state index in [0.717, 1.165) is 21.8 Å². The van der Waals surface area contributed by atoms with Crippen LogP contribution in [0.5, 0.6) is 0 Å². The van der Waals surface area contributed by atoms with Crippen molar-refractivity contribution in [2.45, 2.75) is 19.9 Å². The summed E-state index contributed by atoms with van der Waals surface area (Å²) in [6, 6.07) is 12.9. The predicted molar refractivity (Wildman–Crippen MR) is 87.9 cm³/mol. The van der Waals surface area contributed by atoms with Gasteiger partial charge in [-0.3, -0.25) is 0 Å². The molecule has 0 heterocycles. The van der Waals surface area contributed by atoms with E-state index in [2.05, 4.69) is 17.6 Å². The van der Waals surface area contributed by atoms with Crippen LogP contribution in [-0.2, 0) is 0 Å². The van der Waals surface area contributed by atoms with E-state index in [0.29, 0.717) is 5.69 Å². The zero-order valence-electron chi connectivity index (χ0n) is 12.0. The second-order valence-electron chi connectivity index (χ2n) is 4.94. The van der Waals surface area contributed by atoms with Crippen LogP contribution in [0.4, 0.5) is 16.2 Å². The smallest absolute Gasteiger partial charge is 0.316 e. The van der Waals surface area contributed by atoms with Gasteiger partial charge in [0.15, 0.2) is 0 Å². The molecule has 21 heavy (non-hydrogen) atoms. The van der Waals surface area contributed by atoms with Crippen molar-refractivity contribution in [2.75, 3.05) is 10.6 Å². The lowest BCUT2D eigenvalue weighted by Crippen LogP contribution is -2.19. The number of carbonyl (C=O) groups excluding carboxylic acids is 1. The van der Waals surface area contributed by atoms with E-state index in [1.807, 2.05) is 49.4 Å². The molecule has 0 fully saturated rings. The summed E-state index contributed by atoms with van der Waals surface area (Å²) in [5.74, 6) is 0. The standard InChI is InChI=1S/C16H18ClN3O/c1-10-9-13(17)5-8-15(10)19-11(2)12-3-6-14(7-4-12)20-16(18)21/h3-9,11,19H,1-2H3,(H3,18,20,21). The largest absolute Gasteiger partial charge is 0.378 e. The Morgan fingerprint density at radius 1 is 1.19 bits per heavy atom. The molecule has 4 N–H and O–H groups in total. The Morgan fingerprint density at radius 2 is 1.86 bits per heavy atom. The maximum Gasteiger partial charge on any atom is 0.316 e. The maximum absolute atomic E-state index is 10.8. The van der Waals surface area contributed by atoms with Gasteiger partial charge in [-0.2, -0.15) is 0 Å². The number of nitrogens with one attached hydrogen (secondary N) is 2. The summed E-state index contributed by atoms with van der Waals surface area (Å²) in [5, 5.41) is 6.71. The van der Waals surface area contributed by atoms with Crippen molar-refractivity contribution in [3.8, 4) is 0 Å². The highest BCUT2D eigenvalue weighted by Gasteiger charge is 2.07. The molecule has 2 aromatic rings. The number of aryl methyl sites for hydroxylation is 1. The van der Waals surface area contributed by atoms with Crippen molar-refractivity contribution in [2.24, 2.45) is 5.73 Å². The molecule has 2 aromatic carbocycles. The van der Waals surface area contributed by atoms with Gasteiger partial charge in [-0.05, 0) is 55.3 Å². The van der Waals surface area contributed by atoms with Gasteiger partial charge in [0.05, 0.1) is 0 Å². The normalized spacial score (nSPS) is 11.8. The van der Waals surface area contributed by atoms with Crippen LogP contribution in [0.15, 0.2) is 42.5 Å². The molecule has 4 nitrogen and oxygen atoms in total. The average molecular weight is 304 g/mol. The highest BCUT2D eigenvalue weighted by atomic mass is 35.5. The van der Waals surface area contributed by atoms with Crippen LogP contribution in [-0.4, -0.2) is 6.03 Å². The first-order valence-electron chi connectivity index (χ1n) is 6.65. The molecule has 2 amide bonds. The molecule has 0 saturated carbocycles. The van der Waals surface area contributed by atoms with Crippen molar-refractivity contribution < 1.29 is 4.79 Å². The lowest BCUT2D eigenvalue weighted by atomic mass is 10.1. The molecule has 0 spiro atoms. The molecule has 0 aliphatic heterocycles. The minimum Gasteiger partial charge on any atom is -0.378 e. The zero-order chi connectivity index (χ0) is 15.4. The molecule has 0 bridgehead atoms. The quantitative estimate of drug-likeness (QED) is 0.787. The molecule has 2 rings (SSSR count). The Hall–Kier alpha value is -2.20. The Balaban J connectivity index is 2.09. The average Bonchev–Trinajstić information content (AvgIpc) is 2.42. The van der Waals surface area contributed by atoms with Gasteiger partial charge >= 0.3 is 6.03 Å². The number of benzene rings is 2. The lowest BCUT2D eigenvalue weighted by molar-refractivity contribution is 0.259. The second kappa shape index (κ2) is 6.50.